The number of sulfonamides is 1. The molecule has 0 aromatic carbocycles. The number of rotatable bonds is 8. The molecular weight excluding hydrogens is 276 g/mol. The van der Waals surface area contributed by atoms with Crippen molar-refractivity contribution in [2.45, 2.75) is 30.5 Å². The lowest BCUT2D eigenvalue weighted by molar-refractivity contribution is 0.329. The number of nitrogens with zero attached hydrogens (tertiary/aromatic N) is 2. The molecule has 6 nitrogen and oxygen atoms in total. The molecule has 1 aliphatic carbocycles. The third-order valence-corrected chi connectivity index (χ3v) is 4.76. The first-order valence-corrected chi connectivity index (χ1v) is 8.30. The van der Waals surface area contributed by atoms with Crippen LogP contribution in [0.4, 0.5) is 0 Å². The fourth-order valence-electron chi connectivity index (χ4n) is 2.01. The normalized spacial score (nSPS) is 15.8. The summed E-state index contributed by atoms with van der Waals surface area (Å²) in [5.41, 5.74) is 0.958. The summed E-state index contributed by atoms with van der Waals surface area (Å²) >= 11 is 0. The average Bonchev–Trinajstić information content (AvgIpc) is 3.24. The Morgan fingerprint density at radius 3 is 2.70 bits per heavy atom. The van der Waals surface area contributed by atoms with Gasteiger partial charge >= 0.3 is 0 Å². The van der Waals surface area contributed by atoms with Crippen molar-refractivity contribution < 1.29 is 8.42 Å². The maximum Gasteiger partial charge on any atom is 0.258 e. The molecule has 1 saturated carbocycles. The highest BCUT2D eigenvalue weighted by Crippen LogP contribution is 2.24. The van der Waals surface area contributed by atoms with Gasteiger partial charge in [0.2, 0.25) is 0 Å². The SMILES string of the molecule is CNCc1ccc(S(=O)(=O)NCCN(C)C2CC2)nc1. The summed E-state index contributed by atoms with van der Waals surface area (Å²) in [6.07, 6.45) is 4.02. The van der Waals surface area contributed by atoms with Crippen LogP contribution in [0.25, 0.3) is 0 Å². The Hall–Kier alpha value is -1.02. The summed E-state index contributed by atoms with van der Waals surface area (Å²) in [5.74, 6) is 0. The van der Waals surface area contributed by atoms with Crippen molar-refractivity contribution in [2.24, 2.45) is 0 Å². The predicted octanol–water partition coefficient (Wildman–Crippen LogP) is 0.174. The molecule has 0 aliphatic heterocycles. The smallest absolute Gasteiger partial charge is 0.258 e. The van der Waals surface area contributed by atoms with Crippen molar-refractivity contribution >= 4 is 10.0 Å². The first kappa shape index (κ1) is 15.4. The average molecular weight is 298 g/mol. The van der Waals surface area contributed by atoms with E-state index in [-0.39, 0.29) is 5.03 Å². The molecule has 0 bridgehead atoms. The number of hydrogen-bond donors (Lipinski definition) is 2. The molecular formula is C13H22N4O2S. The summed E-state index contributed by atoms with van der Waals surface area (Å²) in [4.78, 5) is 6.20. The first-order valence-electron chi connectivity index (χ1n) is 6.82. The van der Waals surface area contributed by atoms with Gasteiger partial charge in [0.05, 0.1) is 0 Å². The maximum absolute atomic E-state index is 12.1. The second kappa shape index (κ2) is 6.62. The van der Waals surface area contributed by atoms with Crippen LogP contribution in [0.15, 0.2) is 23.4 Å². The highest BCUT2D eigenvalue weighted by atomic mass is 32.2. The van der Waals surface area contributed by atoms with Crippen molar-refractivity contribution in [3.05, 3.63) is 23.9 Å². The molecule has 112 valence electrons. The Kier molecular flexibility index (Phi) is 5.09. The molecule has 0 unspecified atom stereocenters. The molecule has 20 heavy (non-hydrogen) atoms. The van der Waals surface area contributed by atoms with Gasteiger partial charge in [0, 0.05) is 31.9 Å². The molecule has 2 rings (SSSR count). The van der Waals surface area contributed by atoms with Gasteiger partial charge in [-0.25, -0.2) is 18.1 Å². The minimum Gasteiger partial charge on any atom is -0.316 e. The molecule has 0 spiro atoms. The second-order valence-corrected chi connectivity index (χ2v) is 6.86. The number of hydrogen-bond acceptors (Lipinski definition) is 5. The monoisotopic (exact) mass is 298 g/mol. The summed E-state index contributed by atoms with van der Waals surface area (Å²) < 4.78 is 26.7. The molecule has 0 atom stereocenters. The van der Waals surface area contributed by atoms with Crippen LogP contribution in [-0.4, -0.2) is 51.5 Å². The van der Waals surface area contributed by atoms with Gasteiger partial charge in [0.1, 0.15) is 0 Å². The van der Waals surface area contributed by atoms with E-state index in [2.05, 4.69) is 19.9 Å². The summed E-state index contributed by atoms with van der Waals surface area (Å²) in [7, 11) is 0.359. The molecule has 1 aliphatic rings. The van der Waals surface area contributed by atoms with Gasteiger partial charge in [-0.1, -0.05) is 6.07 Å². The highest BCUT2D eigenvalue weighted by molar-refractivity contribution is 7.89. The van der Waals surface area contributed by atoms with Crippen LogP contribution < -0.4 is 10.0 Å². The molecule has 7 heteroatoms. The van der Waals surface area contributed by atoms with E-state index in [0.717, 1.165) is 12.1 Å². The van der Waals surface area contributed by atoms with E-state index in [1.54, 1.807) is 18.3 Å². The van der Waals surface area contributed by atoms with Crippen molar-refractivity contribution in [2.75, 3.05) is 27.2 Å². The number of likely N-dealkylation sites (N-methyl/N-ethyl adjacent to an activating group) is 1. The van der Waals surface area contributed by atoms with Gasteiger partial charge in [-0.05, 0) is 38.6 Å². The molecule has 0 saturated heterocycles. The lowest BCUT2D eigenvalue weighted by Crippen LogP contribution is -2.34. The Balaban J connectivity index is 1.88. The molecule has 2 N–H and O–H groups in total. The largest absolute Gasteiger partial charge is 0.316 e. The Morgan fingerprint density at radius 1 is 1.40 bits per heavy atom. The van der Waals surface area contributed by atoms with Crippen molar-refractivity contribution in [1.29, 1.82) is 0 Å². The fourth-order valence-corrected chi connectivity index (χ4v) is 2.95. The molecule has 0 amide bonds. The zero-order chi connectivity index (χ0) is 14.6. The Labute approximate surface area is 120 Å². The van der Waals surface area contributed by atoms with E-state index in [4.69, 9.17) is 0 Å². The van der Waals surface area contributed by atoms with Crippen LogP contribution in [0.5, 0.6) is 0 Å². The third kappa shape index (κ3) is 4.24. The van der Waals surface area contributed by atoms with E-state index in [1.807, 2.05) is 14.1 Å². The summed E-state index contributed by atoms with van der Waals surface area (Å²) in [6, 6.07) is 3.95. The van der Waals surface area contributed by atoms with Gasteiger partial charge < -0.3 is 10.2 Å². The number of nitrogens with one attached hydrogen (secondary N) is 2. The van der Waals surface area contributed by atoms with Crippen molar-refractivity contribution in [1.82, 2.24) is 19.9 Å². The van der Waals surface area contributed by atoms with Crippen LogP contribution in [0.1, 0.15) is 18.4 Å². The van der Waals surface area contributed by atoms with Gasteiger partial charge in [-0.3, -0.25) is 0 Å². The standard InChI is InChI=1S/C13H22N4O2S/c1-14-9-11-3-6-13(15-10-11)20(18,19)16-7-8-17(2)12-4-5-12/h3,6,10,12,14,16H,4-5,7-9H2,1-2H3. The molecule has 1 fully saturated rings. The first-order chi connectivity index (χ1) is 9.53. The topological polar surface area (TPSA) is 74.3 Å². The van der Waals surface area contributed by atoms with E-state index >= 15 is 0 Å². The number of aromatic nitrogens is 1. The van der Waals surface area contributed by atoms with Gasteiger partial charge in [0.25, 0.3) is 10.0 Å². The highest BCUT2D eigenvalue weighted by Gasteiger charge is 2.26. The molecule has 0 radical (unpaired) electrons. The van der Waals surface area contributed by atoms with Crippen LogP contribution in [0.2, 0.25) is 0 Å². The van der Waals surface area contributed by atoms with Crippen LogP contribution >= 0.6 is 0 Å². The predicted molar refractivity (Wildman–Crippen MR) is 77.8 cm³/mol. The minimum absolute atomic E-state index is 0.0754. The van der Waals surface area contributed by atoms with Crippen LogP contribution in [0, 0.1) is 0 Å². The zero-order valence-corrected chi connectivity index (χ0v) is 12.8. The van der Waals surface area contributed by atoms with Crippen molar-refractivity contribution in [3.8, 4) is 0 Å². The quantitative estimate of drug-likeness (QED) is 0.716. The van der Waals surface area contributed by atoms with Crippen LogP contribution in [0.3, 0.4) is 0 Å². The second-order valence-electron chi connectivity index (χ2n) is 5.14. The molecule has 1 aromatic rings. The number of pyridine rings is 1. The molecule has 1 aromatic heterocycles. The van der Waals surface area contributed by atoms with E-state index < -0.39 is 10.0 Å². The minimum atomic E-state index is -3.50. The fraction of sp³-hybridized carbons (Fsp3) is 0.615. The third-order valence-electron chi connectivity index (χ3n) is 3.38. The van der Waals surface area contributed by atoms with E-state index in [9.17, 15) is 8.42 Å². The van der Waals surface area contributed by atoms with Crippen LogP contribution in [-0.2, 0) is 16.6 Å². The lowest BCUT2D eigenvalue weighted by atomic mass is 10.3. The summed E-state index contributed by atoms with van der Waals surface area (Å²) in [6.45, 7) is 1.81. The van der Waals surface area contributed by atoms with Gasteiger partial charge in [0.15, 0.2) is 5.03 Å². The maximum atomic E-state index is 12.1. The van der Waals surface area contributed by atoms with Crippen molar-refractivity contribution in [3.63, 3.8) is 0 Å². The Morgan fingerprint density at radius 2 is 2.15 bits per heavy atom. The van der Waals surface area contributed by atoms with E-state index in [1.165, 1.54) is 12.8 Å². The zero-order valence-electron chi connectivity index (χ0n) is 12.0. The Bertz CT molecular complexity index is 526. The summed E-state index contributed by atoms with van der Waals surface area (Å²) in [5, 5.41) is 3.07. The lowest BCUT2D eigenvalue weighted by Gasteiger charge is -2.15. The van der Waals surface area contributed by atoms with Gasteiger partial charge in [-0.15, -0.1) is 0 Å². The van der Waals surface area contributed by atoms with Gasteiger partial charge in [-0.2, -0.15) is 0 Å². The van der Waals surface area contributed by atoms with E-state index in [0.29, 0.717) is 19.1 Å². The molecule has 1 heterocycles.